The van der Waals surface area contributed by atoms with Crippen LogP contribution in [0.15, 0.2) is 24.4 Å². The third kappa shape index (κ3) is 2.51. The molecule has 0 unspecified atom stereocenters. The van der Waals surface area contributed by atoms with Gasteiger partial charge in [-0.25, -0.2) is 0 Å². The van der Waals surface area contributed by atoms with Crippen molar-refractivity contribution in [3.8, 4) is 0 Å². The largest absolute Gasteiger partial charge is 0.320 e. The number of nitro groups is 1. The number of benzene rings is 1. The minimum atomic E-state index is -0.621. The maximum Gasteiger partial charge on any atom is 0.320 e. The molecule has 0 aliphatic rings. The van der Waals surface area contributed by atoms with Crippen molar-refractivity contribution in [2.75, 3.05) is 5.32 Å². The molecule has 20 heavy (non-hydrogen) atoms. The molecular weight excluding hydrogens is 260 g/mol. The van der Waals surface area contributed by atoms with Gasteiger partial charge in [0.25, 0.3) is 5.91 Å². The van der Waals surface area contributed by atoms with Gasteiger partial charge in [-0.2, -0.15) is 5.10 Å². The number of hydrogen-bond acceptors (Lipinski definition) is 4. The van der Waals surface area contributed by atoms with Crippen LogP contribution in [0.5, 0.6) is 0 Å². The molecule has 2 aromatic rings. The second-order valence-corrected chi connectivity index (χ2v) is 4.53. The van der Waals surface area contributed by atoms with Gasteiger partial charge >= 0.3 is 5.69 Å². The van der Waals surface area contributed by atoms with Crippen LogP contribution in [0.4, 0.5) is 11.4 Å². The Morgan fingerprint density at radius 3 is 2.70 bits per heavy atom. The summed E-state index contributed by atoms with van der Waals surface area (Å²) in [6.07, 6.45) is 1.07. The molecule has 1 aromatic carbocycles. The van der Waals surface area contributed by atoms with Gasteiger partial charge in [0.15, 0.2) is 0 Å². The number of aryl methyl sites for hydroxylation is 3. The molecule has 2 rings (SSSR count). The minimum absolute atomic E-state index is 0.0741. The highest BCUT2D eigenvalue weighted by Gasteiger charge is 2.25. The second kappa shape index (κ2) is 5.12. The van der Waals surface area contributed by atoms with Gasteiger partial charge in [-0.15, -0.1) is 0 Å². The molecule has 7 heteroatoms. The SMILES string of the molecule is Cc1ccc(NC(=O)c2c([N+](=O)[O-])cnn2C)c(C)c1. The van der Waals surface area contributed by atoms with E-state index in [1.807, 2.05) is 26.0 Å². The van der Waals surface area contributed by atoms with E-state index in [0.29, 0.717) is 5.69 Å². The predicted octanol–water partition coefficient (Wildman–Crippen LogP) is 2.20. The zero-order valence-electron chi connectivity index (χ0n) is 11.4. The Hall–Kier alpha value is -2.70. The quantitative estimate of drug-likeness (QED) is 0.686. The molecule has 1 amide bonds. The van der Waals surface area contributed by atoms with Gasteiger partial charge in [0.1, 0.15) is 6.20 Å². The van der Waals surface area contributed by atoms with Crippen LogP contribution in [-0.4, -0.2) is 20.6 Å². The van der Waals surface area contributed by atoms with Crippen LogP contribution in [0, 0.1) is 24.0 Å². The molecule has 0 saturated carbocycles. The third-order valence-electron chi connectivity index (χ3n) is 2.96. The maximum atomic E-state index is 12.2. The van der Waals surface area contributed by atoms with Crippen molar-refractivity contribution in [2.24, 2.45) is 7.05 Å². The second-order valence-electron chi connectivity index (χ2n) is 4.53. The van der Waals surface area contributed by atoms with E-state index in [2.05, 4.69) is 10.4 Å². The standard InChI is InChI=1S/C13H14N4O3/c1-8-4-5-10(9(2)6-8)15-13(18)12-11(17(19)20)7-14-16(12)3/h4-7H,1-3H3,(H,15,18). The summed E-state index contributed by atoms with van der Waals surface area (Å²) < 4.78 is 1.19. The molecule has 0 bridgehead atoms. The Labute approximate surface area is 115 Å². The van der Waals surface area contributed by atoms with Crippen molar-refractivity contribution in [1.82, 2.24) is 9.78 Å². The van der Waals surface area contributed by atoms with Crippen LogP contribution in [0.3, 0.4) is 0 Å². The van der Waals surface area contributed by atoms with E-state index in [1.54, 1.807) is 6.07 Å². The molecule has 0 spiro atoms. The number of amides is 1. The maximum absolute atomic E-state index is 12.2. The Kier molecular flexibility index (Phi) is 3.51. The van der Waals surface area contributed by atoms with Crippen LogP contribution < -0.4 is 5.32 Å². The van der Waals surface area contributed by atoms with Crippen molar-refractivity contribution < 1.29 is 9.72 Å². The van der Waals surface area contributed by atoms with Crippen molar-refractivity contribution >= 4 is 17.3 Å². The number of nitrogens with zero attached hydrogens (tertiary/aromatic N) is 3. The number of rotatable bonds is 3. The Morgan fingerprint density at radius 1 is 1.40 bits per heavy atom. The van der Waals surface area contributed by atoms with Gasteiger partial charge < -0.3 is 5.32 Å². The average Bonchev–Trinajstić information content (AvgIpc) is 2.75. The molecule has 0 fully saturated rings. The molecule has 1 aromatic heterocycles. The van der Waals surface area contributed by atoms with Gasteiger partial charge in [0.2, 0.25) is 5.69 Å². The van der Waals surface area contributed by atoms with Gasteiger partial charge in [0.05, 0.1) is 4.92 Å². The van der Waals surface area contributed by atoms with Crippen LogP contribution in [0.2, 0.25) is 0 Å². The lowest BCUT2D eigenvalue weighted by Gasteiger charge is -2.09. The number of aromatic nitrogens is 2. The topological polar surface area (TPSA) is 90.1 Å². The Bertz CT molecular complexity index is 691. The van der Waals surface area contributed by atoms with E-state index in [4.69, 9.17) is 0 Å². The monoisotopic (exact) mass is 274 g/mol. The highest BCUT2D eigenvalue weighted by atomic mass is 16.6. The average molecular weight is 274 g/mol. The zero-order chi connectivity index (χ0) is 14.9. The molecule has 0 atom stereocenters. The van der Waals surface area contributed by atoms with Crippen molar-refractivity contribution in [3.05, 3.63) is 51.3 Å². The first-order valence-corrected chi connectivity index (χ1v) is 5.95. The summed E-state index contributed by atoms with van der Waals surface area (Å²) in [6, 6.07) is 5.55. The molecule has 0 aliphatic carbocycles. The summed E-state index contributed by atoms with van der Waals surface area (Å²) in [5.41, 5.74) is 2.20. The van der Waals surface area contributed by atoms with Gasteiger partial charge in [0, 0.05) is 12.7 Å². The summed E-state index contributed by atoms with van der Waals surface area (Å²) in [5, 5.41) is 17.3. The molecule has 1 N–H and O–H groups in total. The van der Waals surface area contributed by atoms with E-state index >= 15 is 0 Å². The van der Waals surface area contributed by atoms with Gasteiger partial charge in [-0.1, -0.05) is 17.7 Å². The summed E-state index contributed by atoms with van der Waals surface area (Å²) in [6.45, 7) is 3.81. The van der Waals surface area contributed by atoms with Crippen molar-refractivity contribution in [3.63, 3.8) is 0 Å². The normalized spacial score (nSPS) is 10.3. The first-order chi connectivity index (χ1) is 9.40. The smallest absolute Gasteiger partial charge is 0.320 e. The van der Waals surface area contributed by atoms with E-state index in [9.17, 15) is 14.9 Å². The molecule has 104 valence electrons. The molecule has 0 radical (unpaired) electrons. The van der Waals surface area contributed by atoms with Crippen LogP contribution >= 0.6 is 0 Å². The number of anilines is 1. The number of nitrogens with one attached hydrogen (secondary N) is 1. The molecule has 0 aliphatic heterocycles. The van der Waals surface area contributed by atoms with Crippen molar-refractivity contribution in [1.29, 1.82) is 0 Å². The number of carbonyl (C=O) groups is 1. The van der Waals surface area contributed by atoms with Crippen LogP contribution in [0.25, 0.3) is 0 Å². The lowest BCUT2D eigenvalue weighted by molar-refractivity contribution is -0.385. The Morgan fingerprint density at radius 2 is 2.10 bits per heavy atom. The van der Waals surface area contributed by atoms with E-state index in [1.165, 1.54) is 11.7 Å². The van der Waals surface area contributed by atoms with Gasteiger partial charge in [-0.3, -0.25) is 19.6 Å². The fraction of sp³-hybridized carbons (Fsp3) is 0.231. The van der Waals surface area contributed by atoms with Gasteiger partial charge in [-0.05, 0) is 25.5 Å². The summed E-state index contributed by atoms with van der Waals surface area (Å²) in [7, 11) is 1.49. The lowest BCUT2D eigenvalue weighted by Crippen LogP contribution is -2.18. The molecular formula is C13H14N4O3. The first kappa shape index (κ1) is 13.7. The zero-order valence-corrected chi connectivity index (χ0v) is 11.4. The van der Waals surface area contributed by atoms with E-state index in [-0.39, 0.29) is 11.4 Å². The highest BCUT2D eigenvalue weighted by Crippen LogP contribution is 2.21. The lowest BCUT2D eigenvalue weighted by atomic mass is 10.1. The van der Waals surface area contributed by atoms with E-state index in [0.717, 1.165) is 17.3 Å². The van der Waals surface area contributed by atoms with Crippen molar-refractivity contribution in [2.45, 2.75) is 13.8 Å². The fourth-order valence-corrected chi connectivity index (χ4v) is 1.96. The summed E-state index contributed by atoms with van der Waals surface area (Å²) in [5.74, 6) is -0.552. The molecule has 7 nitrogen and oxygen atoms in total. The first-order valence-electron chi connectivity index (χ1n) is 5.95. The summed E-state index contributed by atoms with van der Waals surface area (Å²) >= 11 is 0. The highest BCUT2D eigenvalue weighted by molar-refractivity contribution is 6.06. The predicted molar refractivity (Wildman–Crippen MR) is 73.7 cm³/mol. The fourth-order valence-electron chi connectivity index (χ4n) is 1.96. The molecule has 1 heterocycles. The number of carbonyl (C=O) groups excluding carboxylic acids is 1. The van der Waals surface area contributed by atoms with Crippen LogP contribution in [0.1, 0.15) is 21.6 Å². The van der Waals surface area contributed by atoms with Crippen LogP contribution in [-0.2, 0) is 7.05 Å². The Balaban J connectivity index is 2.33. The summed E-state index contributed by atoms with van der Waals surface area (Å²) in [4.78, 5) is 22.4. The molecule has 0 saturated heterocycles. The van der Waals surface area contributed by atoms with E-state index < -0.39 is 10.8 Å². The minimum Gasteiger partial charge on any atom is -0.320 e. The number of hydrogen-bond donors (Lipinski definition) is 1. The third-order valence-corrected chi connectivity index (χ3v) is 2.96.